The molecule has 0 spiro atoms. The van der Waals surface area contributed by atoms with Crippen LogP contribution in [0.25, 0.3) is 0 Å². The normalized spacial score (nSPS) is 14.4. The molecule has 0 radical (unpaired) electrons. The Morgan fingerprint density at radius 2 is 1.68 bits per heavy atom. The molecule has 0 saturated heterocycles. The summed E-state index contributed by atoms with van der Waals surface area (Å²) in [5, 5.41) is 0. The molecule has 4 rings (SSSR count). The molecule has 1 aliphatic heterocycles. The molecule has 1 atom stereocenters. The van der Waals surface area contributed by atoms with E-state index in [-0.39, 0.29) is 17.5 Å². The molecule has 0 saturated carbocycles. The van der Waals surface area contributed by atoms with Crippen molar-refractivity contribution in [3.8, 4) is 0 Å². The minimum atomic E-state index is -3.98. The van der Waals surface area contributed by atoms with Gasteiger partial charge in [0.1, 0.15) is 10.7 Å². The third kappa shape index (κ3) is 4.43. The second-order valence-electron chi connectivity index (χ2n) is 7.86. The van der Waals surface area contributed by atoms with Gasteiger partial charge in [-0.2, -0.15) is 0 Å². The van der Waals surface area contributed by atoms with Crippen LogP contribution in [-0.4, -0.2) is 35.6 Å². The quantitative estimate of drug-likeness (QED) is 0.605. The van der Waals surface area contributed by atoms with Crippen molar-refractivity contribution in [1.29, 1.82) is 0 Å². The standard InChI is InChI=1S/C24H26FN3O2S/c1-27(2)20-13-11-19(12-14-20)23(28-16-15-18-7-3-5-9-22(18)28)17-26-31(29,30)24-10-6-4-8-21(24)25/h3-14,23,26H,15-17H2,1-2H3. The topological polar surface area (TPSA) is 52.7 Å². The highest BCUT2D eigenvalue weighted by Gasteiger charge is 2.29. The molecule has 0 amide bonds. The Kier molecular flexibility index (Phi) is 5.98. The molecule has 0 aromatic heterocycles. The smallest absolute Gasteiger partial charge is 0.243 e. The SMILES string of the molecule is CN(C)c1ccc(C(CNS(=O)(=O)c2ccccc2F)N2CCc3ccccc32)cc1. The molecule has 3 aromatic carbocycles. The lowest BCUT2D eigenvalue weighted by Crippen LogP contribution is -2.37. The van der Waals surface area contributed by atoms with E-state index in [4.69, 9.17) is 0 Å². The Balaban J connectivity index is 1.65. The Labute approximate surface area is 183 Å². The summed E-state index contributed by atoms with van der Waals surface area (Å²) in [5.41, 5.74) is 4.42. The fourth-order valence-electron chi connectivity index (χ4n) is 4.02. The number of anilines is 2. The summed E-state index contributed by atoms with van der Waals surface area (Å²) < 4.78 is 42.4. The predicted octanol–water partition coefficient (Wildman–Crippen LogP) is 3.97. The number of hydrogen-bond donors (Lipinski definition) is 1. The zero-order valence-electron chi connectivity index (χ0n) is 17.6. The number of halogens is 1. The van der Waals surface area contributed by atoms with Gasteiger partial charge in [0, 0.05) is 38.6 Å². The summed E-state index contributed by atoms with van der Waals surface area (Å²) in [6, 6.07) is 21.5. The maximum absolute atomic E-state index is 14.1. The number of rotatable bonds is 7. The van der Waals surface area contributed by atoms with Gasteiger partial charge >= 0.3 is 0 Å². The average molecular weight is 440 g/mol. The van der Waals surface area contributed by atoms with E-state index in [1.54, 1.807) is 0 Å². The zero-order valence-corrected chi connectivity index (χ0v) is 18.4. The molecule has 162 valence electrons. The van der Waals surface area contributed by atoms with Crippen molar-refractivity contribution in [2.75, 3.05) is 37.0 Å². The number of para-hydroxylation sites is 1. The molecule has 1 heterocycles. The molecular formula is C24H26FN3O2S. The van der Waals surface area contributed by atoms with E-state index in [0.717, 1.165) is 36.0 Å². The first-order valence-corrected chi connectivity index (χ1v) is 11.7. The van der Waals surface area contributed by atoms with E-state index in [1.807, 2.05) is 55.4 Å². The Morgan fingerprint density at radius 1 is 1.00 bits per heavy atom. The molecule has 0 bridgehead atoms. The van der Waals surface area contributed by atoms with Gasteiger partial charge in [0.25, 0.3) is 0 Å². The lowest BCUT2D eigenvalue weighted by atomic mass is 10.0. The second-order valence-corrected chi connectivity index (χ2v) is 9.59. The van der Waals surface area contributed by atoms with Crippen LogP contribution in [0.2, 0.25) is 0 Å². The number of nitrogens with zero attached hydrogens (tertiary/aromatic N) is 2. The van der Waals surface area contributed by atoms with Gasteiger partial charge in [-0.3, -0.25) is 0 Å². The monoisotopic (exact) mass is 439 g/mol. The molecule has 1 aliphatic rings. The number of fused-ring (bicyclic) bond motifs is 1. The Morgan fingerprint density at radius 3 is 2.39 bits per heavy atom. The van der Waals surface area contributed by atoms with Crippen molar-refractivity contribution >= 4 is 21.4 Å². The van der Waals surface area contributed by atoms with E-state index in [1.165, 1.54) is 23.8 Å². The molecule has 1 unspecified atom stereocenters. The van der Waals surface area contributed by atoms with Crippen molar-refractivity contribution < 1.29 is 12.8 Å². The molecular weight excluding hydrogens is 413 g/mol. The van der Waals surface area contributed by atoms with E-state index in [0.29, 0.717) is 0 Å². The minimum absolute atomic E-state index is 0.131. The summed E-state index contributed by atoms with van der Waals surface area (Å²) in [4.78, 5) is 3.91. The zero-order chi connectivity index (χ0) is 22.0. The summed E-state index contributed by atoms with van der Waals surface area (Å²) in [6.07, 6.45) is 0.905. The van der Waals surface area contributed by atoms with Crippen LogP contribution in [-0.2, 0) is 16.4 Å². The van der Waals surface area contributed by atoms with Crippen LogP contribution in [0.15, 0.2) is 77.7 Å². The van der Waals surface area contributed by atoms with Gasteiger partial charge in [-0.1, -0.05) is 42.5 Å². The highest BCUT2D eigenvalue weighted by atomic mass is 32.2. The largest absolute Gasteiger partial charge is 0.378 e. The van der Waals surface area contributed by atoms with Crippen LogP contribution < -0.4 is 14.5 Å². The van der Waals surface area contributed by atoms with E-state index < -0.39 is 15.8 Å². The van der Waals surface area contributed by atoms with Gasteiger partial charge in [0.05, 0.1) is 6.04 Å². The first kappa shape index (κ1) is 21.3. The van der Waals surface area contributed by atoms with Crippen molar-refractivity contribution in [1.82, 2.24) is 4.72 Å². The molecule has 0 fully saturated rings. The van der Waals surface area contributed by atoms with E-state index in [2.05, 4.69) is 21.8 Å². The number of nitrogens with one attached hydrogen (secondary N) is 1. The van der Waals surface area contributed by atoms with Crippen molar-refractivity contribution in [2.24, 2.45) is 0 Å². The van der Waals surface area contributed by atoms with E-state index >= 15 is 0 Å². The van der Waals surface area contributed by atoms with Gasteiger partial charge in [0.15, 0.2) is 0 Å². The highest BCUT2D eigenvalue weighted by molar-refractivity contribution is 7.89. The van der Waals surface area contributed by atoms with Crippen molar-refractivity contribution in [2.45, 2.75) is 17.4 Å². The first-order valence-electron chi connectivity index (χ1n) is 10.2. The van der Waals surface area contributed by atoms with Gasteiger partial charge in [-0.05, 0) is 47.9 Å². The number of sulfonamides is 1. The number of hydrogen-bond acceptors (Lipinski definition) is 4. The van der Waals surface area contributed by atoms with Gasteiger partial charge in [0.2, 0.25) is 10.0 Å². The maximum atomic E-state index is 14.1. The number of benzene rings is 3. The molecule has 7 heteroatoms. The molecule has 0 aliphatic carbocycles. The summed E-state index contributed by atoms with van der Waals surface area (Å²) in [7, 11) is -0.0266. The van der Waals surface area contributed by atoms with Crippen LogP contribution >= 0.6 is 0 Å². The average Bonchev–Trinajstić information content (AvgIpc) is 3.18. The molecule has 5 nitrogen and oxygen atoms in total. The third-order valence-corrected chi connectivity index (χ3v) is 7.14. The maximum Gasteiger partial charge on any atom is 0.243 e. The lowest BCUT2D eigenvalue weighted by molar-refractivity contribution is 0.546. The minimum Gasteiger partial charge on any atom is -0.378 e. The summed E-state index contributed by atoms with van der Waals surface area (Å²) >= 11 is 0. The molecule has 3 aromatic rings. The van der Waals surface area contributed by atoms with Crippen LogP contribution in [0.4, 0.5) is 15.8 Å². The van der Waals surface area contributed by atoms with Gasteiger partial charge in [-0.25, -0.2) is 17.5 Å². The molecule has 31 heavy (non-hydrogen) atoms. The highest BCUT2D eigenvalue weighted by Crippen LogP contribution is 2.35. The predicted molar refractivity (Wildman–Crippen MR) is 123 cm³/mol. The van der Waals surface area contributed by atoms with Crippen LogP contribution in [0.5, 0.6) is 0 Å². The Hall–Kier alpha value is -2.90. The molecule has 1 N–H and O–H groups in total. The van der Waals surface area contributed by atoms with Crippen molar-refractivity contribution in [3.63, 3.8) is 0 Å². The summed E-state index contributed by atoms with van der Waals surface area (Å²) in [6.45, 7) is 0.924. The van der Waals surface area contributed by atoms with Crippen molar-refractivity contribution in [3.05, 3.63) is 89.7 Å². The lowest BCUT2D eigenvalue weighted by Gasteiger charge is -2.31. The van der Waals surface area contributed by atoms with Gasteiger partial charge in [-0.15, -0.1) is 0 Å². The summed E-state index contributed by atoms with van der Waals surface area (Å²) in [5.74, 6) is -0.756. The van der Waals surface area contributed by atoms with E-state index in [9.17, 15) is 12.8 Å². The van der Waals surface area contributed by atoms with Gasteiger partial charge < -0.3 is 9.80 Å². The third-order valence-electron chi connectivity index (χ3n) is 5.69. The fraction of sp³-hybridized carbons (Fsp3) is 0.250. The van der Waals surface area contributed by atoms with Crippen LogP contribution in [0, 0.1) is 5.82 Å². The fourth-order valence-corrected chi connectivity index (χ4v) is 5.13. The Bertz CT molecular complexity index is 1160. The second kappa shape index (κ2) is 8.69. The van der Waals surface area contributed by atoms with Crippen LogP contribution in [0.3, 0.4) is 0 Å². The van der Waals surface area contributed by atoms with Crippen LogP contribution in [0.1, 0.15) is 17.2 Å². The first-order chi connectivity index (χ1) is 14.9.